The summed E-state index contributed by atoms with van der Waals surface area (Å²) in [5.41, 5.74) is 0. The van der Waals surface area contributed by atoms with Crippen LogP contribution in [0.1, 0.15) is 45.4 Å². The molecule has 0 saturated heterocycles. The van der Waals surface area contributed by atoms with E-state index in [0.717, 1.165) is 6.61 Å². The van der Waals surface area contributed by atoms with E-state index in [-0.39, 0.29) is 0 Å². The van der Waals surface area contributed by atoms with Gasteiger partial charge in [0.1, 0.15) is 0 Å². The lowest BCUT2D eigenvalue weighted by molar-refractivity contribution is 0.0519. The molecule has 2 nitrogen and oxygen atoms in total. The number of alkyl halides is 1. The van der Waals surface area contributed by atoms with Crippen LogP contribution in [0.25, 0.3) is 0 Å². The maximum absolute atomic E-state index is 5.46. The van der Waals surface area contributed by atoms with Gasteiger partial charge in [-0.2, -0.15) is 0 Å². The zero-order chi connectivity index (χ0) is 11.2. The zero-order valence-corrected chi connectivity index (χ0v) is 10.7. The fourth-order valence-electron chi connectivity index (χ4n) is 1.36. The van der Waals surface area contributed by atoms with Gasteiger partial charge in [-0.05, 0) is 6.42 Å². The van der Waals surface area contributed by atoms with Gasteiger partial charge in [0.25, 0.3) is 0 Å². The van der Waals surface area contributed by atoms with E-state index in [1.165, 1.54) is 38.5 Å². The Kier molecular flexibility index (Phi) is 14.4. The van der Waals surface area contributed by atoms with Crippen LogP contribution in [0.2, 0.25) is 0 Å². The summed E-state index contributed by atoms with van der Waals surface area (Å²) in [6, 6.07) is 0. The highest BCUT2D eigenvalue weighted by Crippen LogP contribution is 2.04. The highest BCUT2D eigenvalue weighted by atomic mass is 35.5. The minimum atomic E-state index is 0.567. The Morgan fingerprint density at radius 2 is 1.33 bits per heavy atom. The molecule has 92 valence electrons. The quantitative estimate of drug-likeness (QED) is 0.381. The first-order valence-corrected chi connectivity index (χ1v) is 6.66. The number of unbranched alkanes of at least 4 members (excludes halogenated alkanes) is 5. The number of rotatable bonds is 12. The van der Waals surface area contributed by atoms with Crippen molar-refractivity contribution in [1.29, 1.82) is 0 Å². The second kappa shape index (κ2) is 14.2. The molecule has 0 amide bonds. The minimum absolute atomic E-state index is 0.567. The van der Waals surface area contributed by atoms with Crippen molar-refractivity contribution in [3.8, 4) is 0 Å². The third-order valence-corrected chi connectivity index (χ3v) is 2.39. The first kappa shape index (κ1) is 15.2. The fourth-order valence-corrected chi connectivity index (χ4v) is 1.47. The Bertz CT molecular complexity index is 97.8. The third kappa shape index (κ3) is 14.2. The van der Waals surface area contributed by atoms with E-state index >= 15 is 0 Å². The average molecular weight is 237 g/mol. The molecule has 15 heavy (non-hydrogen) atoms. The van der Waals surface area contributed by atoms with E-state index in [1.807, 2.05) is 0 Å². The largest absolute Gasteiger partial charge is 0.379 e. The molecule has 0 N–H and O–H groups in total. The summed E-state index contributed by atoms with van der Waals surface area (Å²) in [7, 11) is 0. The number of hydrogen-bond acceptors (Lipinski definition) is 2. The second-order valence-corrected chi connectivity index (χ2v) is 4.06. The van der Waals surface area contributed by atoms with Crippen molar-refractivity contribution in [1.82, 2.24) is 0 Å². The average Bonchev–Trinajstić information content (AvgIpc) is 2.26. The molecule has 0 fully saturated rings. The van der Waals surface area contributed by atoms with E-state index in [1.54, 1.807) is 0 Å². The number of ether oxygens (including phenoxy) is 2. The minimum Gasteiger partial charge on any atom is -0.379 e. The summed E-state index contributed by atoms with van der Waals surface area (Å²) in [6.07, 6.45) is 7.87. The molecule has 0 aromatic heterocycles. The molecule has 0 unspecified atom stereocenters. The third-order valence-electron chi connectivity index (χ3n) is 2.24. The molecule has 0 aromatic carbocycles. The van der Waals surface area contributed by atoms with Crippen LogP contribution in [0.4, 0.5) is 0 Å². The van der Waals surface area contributed by atoms with Crippen molar-refractivity contribution in [3.63, 3.8) is 0 Å². The van der Waals surface area contributed by atoms with E-state index in [0.29, 0.717) is 25.7 Å². The molecule has 0 heterocycles. The van der Waals surface area contributed by atoms with Crippen LogP contribution in [-0.2, 0) is 9.47 Å². The van der Waals surface area contributed by atoms with E-state index in [9.17, 15) is 0 Å². The molecular weight excluding hydrogens is 212 g/mol. The Morgan fingerprint density at radius 1 is 0.733 bits per heavy atom. The highest BCUT2D eigenvalue weighted by molar-refractivity contribution is 6.17. The summed E-state index contributed by atoms with van der Waals surface area (Å²) < 4.78 is 10.6. The van der Waals surface area contributed by atoms with Crippen molar-refractivity contribution in [2.45, 2.75) is 45.4 Å². The van der Waals surface area contributed by atoms with Crippen molar-refractivity contribution in [2.24, 2.45) is 0 Å². The predicted molar refractivity (Wildman–Crippen MR) is 65.7 cm³/mol. The van der Waals surface area contributed by atoms with Crippen molar-refractivity contribution >= 4 is 11.6 Å². The van der Waals surface area contributed by atoms with Gasteiger partial charge in [0.2, 0.25) is 0 Å². The van der Waals surface area contributed by atoms with Crippen LogP contribution in [0.5, 0.6) is 0 Å². The molecule has 0 aliphatic carbocycles. The van der Waals surface area contributed by atoms with Crippen molar-refractivity contribution in [3.05, 3.63) is 0 Å². The Hall–Kier alpha value is 0.210. The smallest absolute Gasteiger partial charge is 0.0701 e. The van der Waals surface area contributed by atoms with Gasteiger partial charge in [-0.3, -0.25) is 0 Å². The Labute approximate surface area is 99.3 Å². The van der Waals surface area contributed by atoms with Gasteiger partial charge < -0.3 is 9.47 Å². The molecule has 0 bridgehead atoms. The number of hydrogen-bond donors (Lipinski definition) is 0. The first-order valence-electron chi connectivity index (χ1n) is 6.13. The van der Waals surface area contributed by atoms with Gasteiger partial charge in [-0.25, -0.2) is 0 Å². The Balaban J connectivity index is 2.81. The second-order valence-electron chi connectivity index (χ2n) is 3.68. The molecule has 0 aliphatic heterocycles. The first-order chi connectivity index (χ1) is 7.41. The van der Waals surface area contributed by atoms with Crippen LogP contribution in [0.15, 0.2) is 0 Å². The van der Waals surface area contributed by atoms with Gasteiger partial charge in [0.05, 0.1) is 19.8 Å². The van der Waals surface area contributed by atoms with Gasteiger partial charge >= 0.3 is 0 Å². The SMILES string of the molecule is CCCCCCCCOCCOCCCl. The van der Waals surface area contributed by atoms with Crippen LogP contribution in [0, 0.1) is 0 Å². The summed E-state index contributed by atoms with van der Waals surface area (Å²) in [5, 5.41) is 0. The van der Waals surface area contributed by atoms with Crippen LogP contribution in [-0.4, -0.2) is 32.3 Å². The van der Waals surface area contributed by atoms with Gasteiger partial charge in [0.15, 0.2) is 0 Å². The molecule has 0 rings (SSSR count). The highest BCUT2D eigenvalue weighted by Gasteiger charge is 1.91. The zero-order valence-electron chi connectivity index (χ0n) is 9.97. The molecule has 0 atom stereocenters. The molecule has 0 spiro atoms. The molecule has 0 saturated carbocycles. The summed E-state index contributed by atoms with van der Waals surface area (Å²) in [6.45, 7) is 5.11. The Morgan fingerprint density at radius 3 is 2.00 bits per heavy atom. The van der Waals surface area contributed by atoms with Crippen LogP contribution in [0.3, 0.4) is 0 Å². The maximum Gasteiger partial charge on any atom is 0.0701 e. The van der Waals surface area contributed by atoms with Gasteiger partial charge in [-0.15, -0.1) is 11.6 Å². The normalized spacial score (nSPS) is 10.8. The monoisotopic (exact) mass is 236 g/mol. The predicted octanol–water partition coefficient (Wildman–Crippen LogP) is 3.62. The van der Waals surface area contributed by atoms with E-state index in [4.69, 9.17) is 21.1 Å². The number of halogens is 1. The lowest BCUT2D eigenvalue weighted by atomic mass is 10.1. The van der Waals surface area contributed by atoms with Crippen LogP contribution >= 0.6 is 11.6 Å². The maximum atomic E-state index is 5.46. The summed E-state index contributed by atoms with van der Waals surface area (Å²) in [4.78, 5) is 0. The summed E-state index contributed by atoms with van der Waals surface area (Å²) >= 11 is 5.46. The summed E-state index contributed by atoms with van der Waals surface area (Å²) in [5.74, 6) is 0.567. The fraction of sp³-hybridized carbons (Fsp3) is 1.00. The molecular formula is C12H25ClO2. The lowest BCUT2D eigenvalue weighted by Gasteiger charge is -2.04. The topological polar surface area (TPSA) is 18.5 Å². The van der Waals surface area contributed by atoms with E-state index < -0.39 is 0 Å². The molecule has 3 heteroatoms. The lowest BCUT2D eigenvalue weighted by Crippen LogP contribution is -2.06. The molecule has 0 radical (unpaired) electrons. The van der Waals surface area contributed by atoms with Gasteiger partial charge in [0, 0.05) is 12.5 Å². The molecule has 0 aliphatic rings. The van der Waals surface area contributed by atoms with Gasteiger partial charge in [-0.1, -0.05) is 39.0 Å². The van der Waals surface area contributed by atoms with E-state index in [2.05, 4.69) is 6.92 Å². The molecule has 0 aromatic rings. The van der Waals surface area contributed by atoms with Crippen molar-refractivity contribution in [2.75, 3.05) is 32.3 Å². The standard InChI is InChI=1S/C12H25ClO2/c1-2-3-4-5-6-7-9-14-11-12-15-10-8-13/h2-12H2,1H3. The van der Waals surface area contributed by atoms with Crippen LogP contribution < -0.4 is 0 Å². The van der Waals surface area contributed by atoms with Crippen molar-refractivity contribution < 1.29 is 9.47 Å².